The molecule has 0 spiro atoms. The second-order valence-electron chi connectivity index (χ2n) is 9.84. The van der Waals surface area contributed by atoms with Crippen LogP contribution < -0.4 is 0 Å². The van der Waals surface area contributed by atoms with E-state index in [9.17, 15) is 18.4 Å². The first-order valence-electron chi connectivity index (χ1n) is 12.1. The van der Waals surface area contributed by atoms with Gasteiger partial charge in [-0.25, -0.2) is 8.78 Å². The second kappa shape index (κ2) is 10.9. The van der Waals surface area contributed by atoms with E-state index in [2.05, 4.69) is 0 Å². The van der Waals surface area contributed by atoms with Crippen molar-refractivity contribution in [1.82, 2.24) is 4.90 Å². The number of unbranched alkanes of at least 4 members (excludes halogenated alkanes) is 1. The maximum absolute atomic E-state index is 13.8. The SMILES string of the molecule is CCCCOC(=S)C1CC(c2ccc(F)cc2)(c2ccc(F)cc2)CN1C(=O)C(=O)C(C)(C)CC. The van der Waals surface area contributed by atoms with Crippen molar-refractivity contribution >= 4 is 29.0 Å². The summed E-state index contributed by atoms with van der Waals surface area (Å²) in [6, 6.07) is 11.5. The fourth-order valence-corrected chi connectivity index (χ4v) is 4.74. The molecule has 4 nitrogen and oxygen atoms in total. The van der Waals surface area contributed by atoms with Crippen LogP contribution in [0.2, 0.25) is 0 Å². The largest absolute Gasteiger partial charge is 0.485 e. The molecule has 188 valence electrons. The fourth-order valence-electron chi connectivity index (χ4n) is 4.45. The highest BCUT2D eigenvalue weighted by atomic mass is 32.1. The Labute approximate surface area is 211 Å². The molecule has 1 aliphatic heterocycles. The molecule has 0 bridgehead atoms. The van der Waals surface area contributed by atoms with Gasteiger partial charge in [-0.2, -0.15) is 0 Å². The summed E-state index contributed by atoms with van der Waals surface area (Å²) in [4.78, 5) is 28.3. The average molecular weight is 502 g/mol. The van der Waals surface area contributed by atoms with Gasteiger partial charge in [-0.3, -0.25) is 9.59 Å². The third-order valence-electron chi connectivity index (χ3n) is 7.12. The van der Waals surface area contributed by atoms with Crippen LogP contribution >= 0.6 is 12.2 Å². The van der Waals surface area contributed by atoms with Gasteiger partial charge < -0.3 is 9.64 Å². The molecule has 0 N–H and O–H groups in total. The van der Waals surface area contributed by atoms with Gasteiger partial charge in [0.05, 0.1) is 6.61 Å². The maximum atomic E-state index is 13.8. The van der Waals surface area contributed by atoms with Crippen LogP contribution in [0.3, 0.4) is 0 Å². The summed E-state index contributed by atoms with van der Waals surface area (Å²) in [5.41, 5.74) is -0.145. The Bertz CT molecular complexity index is 1020. The van der Waals surface area contributed by atoms with Crippen LogP contribution in [0.15, 0.2) is 48.5 Å². The van der Waals surface area contributed by atoms with Crippen molar-refractivity contribution < 1.29 is 23.1 Å². The quantitative estimate of drug-likeness (QED) is 0.240. The molecule has 0 aromatic heterocycles. The van der Waals surface area contributed by atoms with Crippen molar-refractivity contribution in [1.29, 1.82) is 0 Å². The molecule has 1 saturated heterocycles. The number of thiocarbonyl (C=S) groups is 1. The van der Waals surface area contributed by atoms with E-state index in [1.807, 2.05) is 13.8 Å². The van der Waals surface area contributed by atoms with Crippen LogP contribution in [0.5, 0.6) is 0 Å². The molecule has 1 amide bonds. The van der Waals surface area contributed by atoms with Crippen molar-refractivity contribution in [2.45, 2.75) is 64.8 Å². The number of hydrogen-bond acceptors (Lipinski definition) is 4. The topological polar surface area (TPSA) is 46.6 Å². The Morgan fingerprint density at radius 1 is 1.03 bits per heavy atom. The first-order valence-corrected chi connectivity index (χ1v) is 12.5. The molecule has 1 unspecified atom stereocenters. The smallest absolute Gasteiger partial charge is 0.291 e. The molecule has 1 fully saturated rings. The third-order valence-corrected chi connectivity index (χ3v) is 7.51. The van der Waals surface area contributed by atoms with Gasteiger partial charge in [0.25, 0.3) is 5.91 Å². The van der Waals surface area contributed by atoms with Crippen LogP contribution in [0.1, 0.15) is 64.5 Å². The van der Waals surface area contributed by atoms with Crippen molar-refractivity contribution in [3.63, 3.8) is 0 Å². The maximum Gasteiger partial charge on any atom is 0.291 e. The zero-order chi connectivity index (χ0) is 25.8. The molecule has 3 rings (SSSR count). The lowest BCUT2D eigenvalue weighted by atomic mass is 9.73. The Kier molecular flexibility index (Phi) is 8.42. The summed E-state index contributed by atoms with van der Waals surface area (Å²) in [5, 5.41) is 0.250. The lowest BCUT2D eigenvalue weighted by Crippen LogP contribution is -2.48. The minimum atomic E-state index is -0.830. The van der Waals surface area contributed by atoms with Gasteiger partial charge in [0.15, 0.2) is 5.05 Å². The number of Topliss-reactive ketones (excluding diaryl/α,β-unsaturated/α-hetero) is 1. The molecule has 1 heterocycles. The van der Waals surface area contributed by atoms with Gasteiger partial charge in [0.2, 0.25) is 5.78 Å². The molecule has 0 radical (unpaired) electrons. The molecule has 2 aromatic rings. The number of ether oxygens (including phenoxy) is 1. The van der Waals surface area contributed by atoms with Gasteiger partial charge in [-0.15, -0.1) is 0 Å². The normalized spacial score (nSPS) is 17.3. The Balaban J connectivity index is 2.11. The van der Waals surface area contributed by atoms with Crippen LogP contribution in [-0.2, 0) is 19.7 Å². The van der Waals surface area contributed by atoms with Crippen LogP contribution in [0.25, 0.3) is 0 Å². The molecular weight excluding hydrogens is 468 g/mol. The summed E-state index contributed by atoms with van der Waals surface area (Å²) in [6.07, 6.45) is 2.58. The van der Waals surface area contributed by atoms with E-state index in [4.69, 9.17) is 17.0 Å². The van der Waals surface area contributed by atoms with Crippen LogP contribution in [0.4, 0.5) is 8.78 Å². The van der Waals surface area contributed by atoms with Gasteiger partial charge in [0, 0.05) is 17.4 Å². The minimum absolute atomic E-state index is 0.135. The Hall–Kier alpha value is -2.67. The number of likely N-dealkylation sites (tertiary alicyclic amines) is 1. The molecule has 35 heavy (non-hydrogen) atoms. The molecule has 0 saturated carbocycles. The number of amides is 1. The van der Waals surface area contributed by atoms with E-state index < -0.39 is 28.6 Å². The minimum Gasteiger partial charge on any atom is -0.485 e. The zero-order valence-electron chi connectivity index (χ0n) is 20.8. The predicted molar refractivity (Wildman–Crippen MR) is 136 cm³/mol. The van der Waals surface area contributed by atoms with Gasteiger partial charge in [0.1, 0.15) is 17.7 Å². The molecule has 2 aromatic carbocycles. The first kappa shape index (κ1) is 26.9. The van der Waals surface area contributed by atoms with E-state index in [-0.39, 0.29) is 23.2 Å². The number of carbonyl (C=O) groups is 2. The number of rotatable bonds is 9. The van der Waals surface area contributed by atoms with Crippen LogP contribution in [0, 0.1) is 17.0 Å². The lowest BCUT2D eigenvalue weighted by Gasteiger charge is -2.31. The van der Waals surface area contributed by atoms with E-state index in [1.165, 1.54) is 29.2 Å². The Morgan fingerprint density at radius 2 is 1.54 bits per heavy atom. The molecular formula is C28H33F2NO3S. The van der Waals surface area contributed by atoms with Gasteiger partial charge in [-0.05, 0) is 66.9 Å². The van der Waals surface area contributed by atoms with E-state index in [1.54, 1.807) is 38.1 Å². The van der Waals surface area contributed by atoms with Gasteiger partial charge >= 0.3 is 0 Å². The van der Waals surface area contributed by atoms with E-state index >= 15 is 0 Å². The number of ketones is 1. The number of hydrogen-bond donors (Lipinski definition) is 0. The summed E-state index contributed by atoms with van der Waals surface area (Å²) in [6.45, 7) is 7.96. The Morgan fingerprint density at radius 3 is 2.00 bits per heavy atom. The van der Waals surface area contributed by atoms with Crippen LogP contribution in [-0.4, -0.2) is 40.8 Å². The first-order chi connectivity index (χ1) is 16.6. The van der Waals surface area contributed by atoms with Crippen molar-refractivity contribution in [3.8, 4) is 0 Å². The third kappa shape index (κ3) is 5.61. The van der Waals surface area contributed by atoms with Gasteiger partial charge in [-0.1, -0.05) is 58.4 Å². The molecule has 0 aliphatic carbocycles. The monoisotopic (exact) mass is 501 g/mol. The predicted octanol–water partition coefficient (Wildman–Crippen LogP) is 6.00. The number of halogens is 2. The lowest BCUT2D eigenvalue weighted by molar-refractivity contribution is -0.149. The number of nitrogens with zero attached hydrogens (tertiary/aromatic N) is 1. The zero-order valence-corrected chi connectivity index (χ0v) is 21.6. The van der Waals surface area contributed by atoms with E-state index in [0.717, 1.165) is 24.0 Å². The summed E-state index contributed by atoms with van der Waals surface area (Å²) in [7, 11) is 0. The summed E-state index contributed by atoms with van der Waals surface area (Å²) < 4.78 is 33.5. The number of carbonyl (C=O) groups excluding carboxylic acids is 2. The molecule has 1 atom stereocenters. The van der Waals surface area contributed by atoms with E-state index in [0.29, 0.717) is 19.4 Å². The standard InChI is InChI=1S/C28H33F2NO3S/c1-5-7-16-34-26(35)23-17-28(19-8-12-21(29)13-9-19,20-10-14-22(30)15-11-20)18-31(23)25(33)24(32)27(3,4)6-2/h8-15,23H,5-7,16-18H2,1-4H3. The average Bonchev–Trinajstić information content (AvgIpc) is 3.26. The van der Waals surface area contributed by atoms with Crippen molar-refractivity contribution in [2.24, 2.45) is 5.41 Å². The number of benzene rings is 2. The van der Waals surface area contributed by atoms with Crippen molar-refractivity contribution in [3.05, 3.63) is 71.3 Å². The van der Waals surface area contributed by atoms with Crippen molar-refractivity contribution in [2.75, 3.05) is 13.2 Å². The summed E-state index contributed by atoms with van der Waals surface area (Å²) in [5.74, 6) is -1.88. The highest BCUT2D eigenvalue weighted by molar-refractivity contribution is 7.80. The highest BCUT2D eigenvalue weighted by Gasteiger charge is 2.52. The second-order valence-corrected chi connectivity index (χ2v) is 10.2. The summed E-state index contributed by atoms with van der Waals surface area (Å²) >= 11 is 5.63. The fraction of sp³-hybridized carbons (Fsp3) is 0.464. The highest BCUT2D eigenvalue weighted by Crippen LogP contribution is 2.45. The molecule has 1 aliphatic rings. The molecule has 7 heteroatoms.